The van der Waals surface area contributed by atoms with Crippen LogP contribution in [0.4, 0.5) is 5.69 Å². The molecule has 0 aliphatic carbocycles. The summed E-state index contributed by atoms with van der Waals surface area (Å²) in [5.74, 6) is 0.0672. The summed E-state index contributed by atoms with van der Waals surface area (Å²) >= 11 is 0. The van der Waals surface area contributed by atoms with E-state index in [-0.39, 0.29) is 12.5 Å². The SMILES string of the molecule is COCOc1ccc(C)c(-c2cc(C(N)=O)nc3cccc(N)c23)c1. The first kappa shape index (κ1) is 16.7. The third kappa shape index (κ3) is 3.25. The Bertz CT molecular complexity index is 954. The molecule has 0 unspecified atom stereocenters. The van der Waals surface area contributed by atoms with Crippen molar-refractivity contribution in [3.05, 3.63) is 53.7 Å². The minimum atomic E-state index is -0.588. The van der Waals surface area contributed by atoms with Crippen molar-refractivity contribution in [3.63, 3.8) is 0 Å². The number of carbonyl (C=O) groups is 1. The van der Waals surface area contributed by atoms with Crippen LogP contribution in [-0.4, -0.2) is 24.8 Å². The van der Waals surface area contributed by atoms with Crippen LogP contribution >= 0.6 is 0 Å². The summed E-state index contributed by atoms with van der Waals surface area (Å²) in [6.07, 6.45) is 0. The molecule has 0 saturated heterocycles. The summed E-state index contributed by atoms with van der Waals surface area (Å²) in [5.41, 5.74) is 15.7. The van der Waals surface area contributed by atoms with Gasteiger partial charge in [0.05, 0.1) is 5.52 Å². The number of primary amides is 1. The standard InChI is InChI=1S/C19H19N3O3/c1-11-6-7-12(25-10-24-2)8-13(11)14-9-17(19(21)23)22-16-5-3-4-15(20)18(14)16/h3-9H,10,20H2,1-2H3,(H2,21,23). The van der Waals surface area contributed by atoms with Crippen LogP contribution in [0.5, 0.6) is 5.75 Å². The Kier molecular flexibility index (Phi) is 4.54. The van der Waals surface area contributed by atoms with Gasteiger partial charge in [0.25, 0.3) is 5.91 Å². The number of aromatic nitrogens is 1. The lowest BCUT2D eigenvalue weighted by Crippen LogP contribution is -2.13. The van der Waals surface area contributed by atoms with Gasteiger partial charge < -0.3 is 20.9 Å². The van der Waals surface area contributed by atoms with Crippen LogP contribution < -0.4 is 16.2 Å². The summed E-state index contributed by atoms with van der Waals surface area (Å²) in [7, 11) is 1.56. The van der Waals surface area contributed by atoms with Crippen molar-refractivity contribution in [1.29, 1.82) is 0 Å². The fourth-order valence-electron chi connectivity index (χ4n) is 2.76. The van der Waals surface area contributed by atoms with Gasteiger partial charge in [-0.15, -0.1) is 0 Å². The molecular weight excluding hydrogens is 318 g/mol. The molecule has 6 heteroatoms. The van der Waals surface area contributed by atoms with Gasteiger partial charge in [0.2, 0.25) is 0 Å². The summed E-state index contributed by atoms with van der Waals surface area (Å²) in [6, 6.07) is 12.8. The lowest BCUT2D eigenvalue weighted by Gasteiger charge is -2.14. The van der Waals surface area contributed by atoms with E-state index in [1.807, 2.05) is 31.2 Å². The van der Waals surface area contributed by atoms with Crippen molar-refractivity contribution in [2.45, 2.75) is 6.92 Å². The Morgan fingerprint density at radius 1 is 1.16 bits per heavy atom. The third-order valence-electron chi connectivity index (χ3n) is 3.96. The second-order valence-corrected chi connectivity index (χ2v) is 5.69. The highest BCUT2D eigenvalue weighted by Crippen LogP contribution is 2.36. The molecule has 6 nitrogen and oxygen atoms in total. The van der Waals surface area contributed by atoms with Crippen molar-refractivity contribution in [2.75, 3.05) is 19.6 Å². The highest BCUT2D eigenvalue weighted by atomic mass is 16.7. The van der Waals surface area contributed by atoms with Crippen molar-refractivity contribution in [2.24, 2.45) is 5.73 Å². The third-order valence-corrected chi connectivity index (χ3v) is 3.96. The molecule has 3 rings (SSSR count). The number of aryl methyl sites for hydroxylation is 1. The molecule has 25 heavy (non-hydrogen) atoms. The molecule has 0 radical (unpaired) electrons. The molecule has 0 saturated carbocycles. The van der Waals surface area contributed by atoms with Gasteiger partial charge >= 0.3 is 0 Å². The Hall–Kier alpha value is -3.12. The fourth-order valence-corrected chi connectivity index (χ4v) is 2.76. The molecule has 0 aliphatic rings. The van der Waals surface area contributed by atoms with Crippen LogP contribution in [-0.2, 0) is 4.74 Å². The first-order valence-electron chi connectivity index (χ1n) is 7.73. The number of ether oxygens (including phenoxy) is 2. The van der Waals surface area contributed by atoms with E-state index in [9.17, 15) is 4.79 Å². The van der Waals surface area contributed by atoms with Crippen LogP contribution in [0.15, 0.2) is 42.5 Å². The number of pyridine rings is 1. The van der Waals surface area contributed by atoms with Gasteiger partial charge in [-0.25, -0.2) is 4.98 Å². The maximum absolute atomic E-state index is 11.7. The van der Waals surface area contributed by atoms with Crippen LogP contribution in [0, 0.1) is 6.92 Å². The maximum Gasteiger partial charge on any atom is 0.267 e. The molecule has 0 aliphatic heterocycles. The van der Waals surface area contributed by atoms with Gasteiger partial charge in [-0.3, -0.25) is 4.79 Å². The molecule has 128 valence electrons. The maximum atomic E-state index is 11.7. The molecule has 4 N–H and O–H groups in total. The summed E-state index contributed by atoms with van der Waals surface area (Å²) in [6.45, 7) is 2.12. The monoisotopic (exact) mass is 337 g/mol. The van der Waals surface area contributed by atoms with E-state index in [0.717, 1.165) is 22.1 Å². The second-order valence-electron chi connectivity index (χ2n) is 5.69. The average Bonchev–Trinajstić information content (AvgIpc) is 2.60. The van der Waals surface area contributed by atoms with Crippen molar-refractivity contribution in [3.8, 4) is 16.9 Å². The number of carbonyl (C=O) groups excluding carboxylic acids is 1. The molecule has 3 aromatic rings. The van der Waals surface area contributed by atoms with Gasteiger partial charge in [0.15, 0.2) is 6.79 Å². The summed E-state index contributed by atoms with van der Waals surface area (Å²) in [5, 5.41) is 0.777. The Morgan fingerprint density at radius 2 is 1.96 bits per heavy atom. The molecule has 1 aromatic heterocycles. The normalized spacial score (nSPS) is 10.8. The summed E-state index contributed by atoms with van der Waals surface area (Å²) in [4.78, 5) is 16.0. The van der Waals surface area contributed by atoms with E-state index in [1.54, 1.807) is 25.3 Å². The number of rotatable bonds is 5. The van der Waals surface area contributed by atoms with E-state index in [0.29, 0.717) is 17.0 Å². The van der Waals surface area contributed by atoms with Crippen LogP contribution in [0.2, 0.25) is 0 Å². The zero-order chi connectivity index (χ0) is 18.0. The number of anilines is 1. The number of methoxy groups -OCH3 is 1. The molecule has 0 atom stereocenters. The molecular formula is C19H19N3O3. The average molecular weight is 337 g/mol. The minimum absolute atomic E-state index is 0.147. The van der Waals surface area contributed by atoms with Crippen molar-refractivity contribution < 1.29 is 14.3 Å². The molecule has 0 spiro atoms. The van der Waals surface area contributed by atoms with Crippen LogP contribution in [0.3, 0.4) is 0 Å². The van der Waals surface area contributed by atoms with Crippen LogP contribution in [0.1, 0.15) is 16.1 Å². The number of nitrogens with two attached hydrogens (primary N) is 2. The van der Waals surface area contributed by atoms with Crippen molar-refractivity contribution in [1.82, 2.24) is 4.98 Å². The van der Waals surface area contributed by atoms with Gasteiger partial charge in [-0.1, -0.05) is 12.1 Å². The minimum Gasteiger partial charge on any atom is -0.468 e. The van der Waals surface area contributed by atoms with Gasteiger partial charge in [-0.2, -0.15) is 0 Å². The highest BCUT2D eigenvalue weighted by molar-refractivity contribution is 6.06. The van der Waals surface area contributed by atoms with Gasteiger partial charge in [-0.05, 0) is 53.9 Å². The Morgan fingerprint density at radius 3 is 2.68 bits per heavy atom. The summed E-state index contributed by atoms with van der Waals surface area (Å²) < 4.78 is 10.5. The highest BCUT2D eigenvalue weighted by Gasteiger charge is 2.15. The zero-order valence-corrected chi connectivity index (χ0v) is 14.1. The lowest BCUT2D eigenvalue weighted by atomic mass is 9.95. The topological polar surface area (TPSA) is 100 Å². The molecule has 2 aromatic carbocycles. The number of benzene rings is 2. The predicted octanol–water partition coefficient (Wildman–Crippen LogP) is 2.87. The number of amides is 1. The van der Waals surface area contributed by atoms with E-state index in [1.165, 1.54) is 0 Å². The number of fused-ring (bicyclic) bond motifs is 1. The number of hydrogen-bond donors (Lipinski definition) is 2. The first-order chi connectivity index (χ1) is 12.0. The van der Waals surface area contributed by atoms with E-state index >= 15 is 0 Å². The number of nitrogens with zero attached hydrogens (tertiary/aromatic N) is 1. The largest absolute Gasteiger partial charge is 0.468 e. The number of nitrogen functional groups attached to an aromatic ring is 1. The lowest BCUT2D eigenvalue weighted by molar-refractivity contribution is 0.0511. The molecule has 1 amide bonds. The van der Waals surface area contributed by atoms with Gasteiger partial charge in [0.1, 0.15) is 11.4 Å². The van der Waals surface area contributed by atoms with Crippen LogP contribution in [0.25, 0.3) is 22.0 Å². The van der Waals surface area contributed by atoms with E-state index < -0.39 is 5.91 Å². The van der Waals surface area contributed by atoms with Gasteiger partial charge in [0, 0.05) is 18.2 Å². The zero-order valence-electron chi connectivity index (χ0n) is 14.1. The smallest absolute Gasteiger partial charge is 0.267 e. The van der Waals surface area contributed by atoms with Crippen molar-refractivity contribution >= 4 is 22.5 Å². The Labute approximate surface area is 145 Å². The predicted molar refractivity (Wildman–Crippen MR) is 97.4 cm³/mol. The molecule has 1 heterocycles. The molecule has 0 fully saturated rings. The van der Waals surface area contributed by atoms with E-state index in [4.69, 9.17) is 20.9 Å². The fraction of sp³-hybridized carbons (Fsp3) is 0.158. The Balaban J connectivity index is 2.29. The molecule has 0 bridgehead atoms. The number of hydrogen-bond acceptors (Lipinski definition) is 5. The van der Waals surface area contributed by atoms with E-state index in [2.05, 4.69) is 4.98 Å². The second kappa shape index (κ2) is 6.78. The quantitative estimate of drug-likeness (QED) is 0.551. The first-order valence-corrected chi connectivity index (χ1v) is 7.73.